The van der Waals surface area contributed by atoms with Crippen molar-refractivity contribution in [3.8, 4) is 5.75 Å². The van der Waals surface area contributed by atoms with E-state index in [1.54, 1.807) is 0 Å². The molecule has 1 aliphatic heterocycles. The van der Waals surface area contributed by atoms with Crippen molar-refractivity contribution in [1.82, 2.24) is 0 Å². The van der Waals surface area contributed by atoms with Gasteiger partial charge in [-0.3, -0.25) is 0 Å². The standard InChI is InChI=1S/C21H26ClNO2/c1-3-24-18-8-5-15(6-9-18)12-17-13-16(7-10-19(17)22)21-20(23)11-4-14(2)25-21/h5-10,13-14,20-21H,3-4,11-12,23H2,1-2H3/t14-,20-,21+/m1/s1. The van der Waals surface area contributed by atoms with E-state index in [9.17, 15) is 0 Å². The number of rotatable bonds is 5. The van der Waals surface area contributed by atoms with E-state index in [4.69, 9.17) is 26.8 Å². The maximum absolute atomic E-state index is 6.43. The van der Waals surface area contributed by atoms with Crippen molar-refractivity contribution in [2.75, 3.05) is 6.61 Å². The zero-order chi connectivity index (χ0) is 17.8. The van der Waals surface area contributed by atoms with Crippen LogP contribution in [0, 0.1) is 0 Å². The van der Waals surface area contributed by atoms with Gasteiger partial charge in [0.05, 0.1) is 18.8 Å². The van der Waals surface area contributed by atoms with Crippen LogP contribution in [0.1, 0.15) is 49.5 Å². The van der Waals surface area contributed by atoms with Crippen LogP contribution in [0.25, 0.3) is 0 Å². The predicted octanol–water partition coefficient (Wildman–Crippen LogP) is 4.90. The molecule has 1 heterocycles. The molecule has 3 atom stereocenters. The molecule has 0 spiro atoms. The molecule has 3 rings (SSSR count). The van der Waals surface area contributed by atoms with Crippen molar-refractivity contribution in [1.29, 1.82) is 0 Å². The van der Waals surface area contributed by atoms with Gasteiger partial charge in [0, 0.05) is 11.1 Å². The van der Waals surface area contributed by atoms with Gasteiger partial charge in [0.1, 0.15) is 5.75 Å². The fraction of sp³-hybridized carbons (Fsp3) is 0.429. The van der Waals surface area contributed by atoms with Gasteiger partial charge < -0.3 is 15.2 Å². The lowest BCUT2D eigenvalue weighted by molar-refractivity contribution is -0.0534. The van der Waals surface area contributed by atoms with Crippen LogP contribution >= 0.6 is 11.6 Å². The van der Waals surface area contributed by atoms with E-state index in [0.29, 0.717) is 6.61 Å². The summed E-state index contributed by atoms with van der Waals surface area (Å²) in [6.45, 7) is 4.76. The van der Waals surface area contributed by atoms with E-state index >= 15 is 0 Å². The molecule has 25 heavy (non-hydrogen) atoms. The molecular formula is C21H26ClNO2. The van der Waals surface area contributed by atoms with E-state index in [0.717, 1.165) is 41.2 Å². The van der Waals surface area contributed by atoms with E-state index in [2.05, 4.69) is 25.1 Å². The molecule has 0 amide bonds. The van der Waals surface area contributed by atoms with Crippen molar-refractivity contribution < 1.29 is 9.47 Å². The second-order valence-electron chi connectivity index (χ2n) is 6.71. The van der Waals surface area contributed by atoms with Gasteiger partial charge in [-0.2, -0.15) is 0 Å². The predicted molar refractivity (Wildman–Crippen MR) is 102 cm³/mol. The van der Waals surface area contributed by atoms with Crippen LogP contribution < -0.4 is 10.5 Å². The average molecular weight is 360 g/mol. The highest BCUT2D eigenvalue weighted by Crippen LogP contribution is 2.33. The molecule has 0 saturated carbocycles. The molecule has 2 N–H and O–H groups in total. The number of nitrogens with two attached hydrogens (primary N) is 1. The number of hydrogen-bond acceptors (Lipinski definition) is 3. The Morgan fingerprint density at radius 1 is 1.16 bits per heavy atom. The highest BCUT2D eigenvalue weighted by molar-refractivity contribution is 6.31. The minimum atomic E-state index is -0.0555. The summed E-state index contributed by atoms with van der Waals surface area (Å²) in [6, 6.07) is 14.3. The summed E-state index contributed by atoms with van der Waals surface area (Å²) in [7, 11) is 0. The lowest BCUT2D eigenvalue weighted by atomic mass is 9.92. The Balaban J connectivity index is 1.79. The highest BCUT2D eigenvalue weighted by Gasteiger charge is 2.28. The van der Waals surface area contributed by atoms with Crippen molar-refractivity contribution in [3.05, 3.63) is 64.2 Å². The molecule has 2 aromatic rings. The van der Waals surface area contributed by atoms with E-state index in [1.807, 2.05) is 31.2 Å². The Morgan fingerprint density at radius 3 is 2.64 bits per heavy atom. The lowest BCUT2D eigenvalue weighted by Crippen LogP contribution is -2.37. The first kappa shape index (κ1) is 18.2. The van der Waals surface area contributed by atoms with E-state index < -0.39 is 0 Å². The highest BCUT2D eigenvalue weighted by atomic mass is 35.5. The first-order valence-electron chi connectivity index (χ1n) is 8.98. The van der Waals surface area contributed by atoms with Crippen molar-refractivity contribution in [2.24, 2.45) is 5.73 Å². The Kier molecular flexibility index (Phi) is 6.00. The molecule has 2 aromatic carbocycles. The second-order valence-corrected chi connectivity index (χ2v) is 7.12. The second kappa shape index (κ2) is 8.22. The molecule has 0 aliphatic carbocycles. The van der Waals surface area contributed by atoms with Gasteiger partial charge >= 0.3 is 0 Å². The largest absolute Gasteiger partial charge is 0.494 e. The molecular weight excluding hydrogens is 334 g/mol. The molecule has 1 saturated heterocycles. The molecule has 1 aliphatic rings. The Morgan fingerprint density at radius 2 is 1.92 bits per heavy atom. The first-order valence-corrected chi connectivity index (χ1v) is 9.35. The smallest absolute Gasteiger partial charge is 0.119 e. The zero-order valence-corrected chi connectivity index (χ0v) is 15.6. The van der Waals surface area contributed by atoms with Gasteiger partial charge in [0.2, 0.25) is 0 Å². The Labute approximate surface area is 155 Å². The lowest BCUT2D eigenvalue weighted by Gasteiger charge is -2.33. The fourth-order valence-corrected chi connectivity index (χ4v) is 3.51. The van der Waals surface area contributed by atoms with E-state index in [1.165, 1.54) is 5.56 Å². The van der Waals surface area contributed by atoms with Gasteiger partial charge in [0.25, 0.3) is 0 Å². The van der Waals surface area contributed by atoms with Crippen LogP contribution in [0.15, 0.2) is 42.5 Å². The molecule has 4 heteroatoms. The SMILES string of the molecule is CCOc1ccc(Cc2cc([C@@H]3O[C@H](C)CC[C@H]3N)ccc2Cl)cc1. The molecule has 0 radical (unpaired) electrons. The topological polar surface area (TPSA) is 44.5 Å². The van der Waals surface area contributed by atoms with Crippen LogP contribution in [-0.4, -0.2) is 18.8 Å². The van der Waals surface area contributed by atoms with Gasteiger partial charge in [-0.05, 0) is 68.0 Å². The molecule has 0 aromatic heterocycles. The minimum absolute atomic E-state index is 0.0377. The quantitative estimate of drug-likeness (QED) is 0.826. The summed E-state index contributed by atoms with van der Waals surface area (Å²) in [4.78, 5) is 0. The fourth-order valence-electron chi connectivity index (χ4n) is 3.32. The van der Waals surface area contributed by atoms with Crippen LogP contribution in [-0.2, 0) is 11.2 Å². The minimum Gasteiger partial charge on any atom is -0.494 e. The van der Waals surface area contributed by atoms with Gasteiger partial charge in [-0.15, -0.1) is 0 Å². The normalized spacial score (nSPS) is 23.4. The molecule has 134 valence electrons. The van der Waals surface area contributed by atoms with Gasteiger partial charge in [0.15, 0.2) is 0 Å². The maximum Gasteiger partial charge on any atom is 0.119 e. The van der Waals surface area contributed by atoms with Crippen LogP contribution in [0.5, 0.6) is 5.75 Å². The summed E-state index contributed by atoms with van der Waals surface area (Å²) in [5, 5.41) is 0.773. The third kappa shape index (κ3) is 4.55. The third-order valence-electron chi connectivity index (χ3n) is 4.70. The molecule has 3 nitrogen and oxygen atoms in total. The monoisotopic (exact) mass is 359 g/mol. The van der Waals surface area contributed by atoms with E-state index in [-0.39, 0.29) is 18.2 Å². The summed E-state index contributed by atoms with van der Waals surface area (Å²) in [6.07, 6.45) is 2.97. The van der Waals surface area contributed by atoms with Crippen LogP contribution in [0.2, 0.25) is 5.02 Å². The number of hydrogen-bond donors (Lipinski definition) is 1. The van der Waals surface area contributed by atoms with Crippen molar-refractivity contribution in [3.63, 3.8) is 0 Å². The number of ether oxygens (including phenoxy) is 2. The summed E-state index contributed by atoms with van der Waals surface area (Å²) in [5.41, 5.74) is 9.70. The zero-order valence-electron chi connectivity index (χ0n) is 14.9. The van der Waals surface area contributed by atoms with Gasteiger partial charge in [-0.25, -0.2) is 0 Å². The molecule has 0 bridgehead atoms. The molecule has 1 fully saturated rings. The number of halogens is 1. The van der Waals surface area contributed by atoms with Crippen LogP contribution in [0.4, 0.5) is 0 Å². The number of benzene rings is 2. The summed E-state index contributed by atoms with van der Waals surface area (Å²) < 4.78 is 11.6. The van der Waals surface area contributed by atoms with Crippen molar-refractivity contribution >= 4 is 11.6 Å². The summed E-state index contributed by atoms with van der Waals surface area (Å²) in [5.74, 6) is 0.890. The first-order chi connectivity index (χ1) is 12.1. The van der Waals surface area contributed by atoms with Crippen molar-refractivity contribution in [2.45, 2.75) is 51.4 Å². The van der Waals surface area contributed by atoms with Gasteiger partial charge in [-0.1, -0.05) is 35.9 Å². The summed E-state index contributed by atoms with van der Waals surface area (Å²) >= 11 is 6.43. The third-order valence-corrected chi connectivity index (χ3v) is 5.07. The Hall–Kier alpha value is -1.55. The average Bonchev–Trinajstić information content (AvgIpc) is 2.61. The Bertz CT molecular complexity index is 702. The molecule has 0 unspecified atom stereocenters. The van der Waals surface area contributed by atoms with Crippen LogP contribution in [0.3, 0.4) is 0 Å². The maximum atomic E-state index is 6.43.